The normalized spacial score (nSPS) is 14.8. The van der Waals surface area contributed by atoms with Crippen molar-refractivity contribution in [3.05, 3.63) is 122 Å². The van der Waals surface area contributed by atoms with Crippen molar-refractivity contribution in [3.63, 3.8) is 0 Å². The van der Waals surface area contributed by atoms with Crippen LogP contribution in [0.3, 0.4) is 0 Å². The lowest BCUT2D eigenvalue weighted by Gasteiger charge is -2.20. The highest BCUT2D eigenvalue weighted by Gasteiger charge is 2.25. The summed E-state index contributed by atoms with van der Waals surface area (Å²) in [5, 5.41) is 0. The Kier molecular flexibility index (Phi) is 38.7. The smallest absolute Gasteiger partial charge is 0.457 e. The molecule has 304 valence electrons. The second-order valence-electron chi connectivity index (χ2n) is 12.4. The molecule has 0 fully saturated rings. The second kappa shape index (κ2) is 41.1. The average molecular weight is 770 g/mol. The van der Waals surface area contributed by atoms with Crippen LogP contribution in [0, 0.1) is 0 Å². The topological polar surface area (TPSA) is 117 Å². The molecular weight excluding hydrogens is 697 g/mol. The van der Waals surface area contributed by atoms with Crippen LogP contribution in [0.25, 0.3) is 0 Å². The number of carbonyl (C=O) groups excluding carboxylic acids is 1. The van der Waals surface area contributed by atoms with Crippen molar-refractivity contribution in [2.24, 2.45) is 5.73 Å². The van der Waals surface area contributed by atoms with E-state index >= 15 is 0 Å². The van der Waals surface area contributed by atoms with Gasteiger partial charge in [-0.3, -0.25) is 13.8 Å². The Morgan fingerprint density at radius 2 is 0.963 bits per heavy atom. The molecule has 0 saturated heterocycles. The van der Waals surface area contributed by atoms with Crippen LogP contribution in [0.5, 0.6) is 0 Å². The molecule has 0 aliphatic heterocycles. The number of phosphoric acid groups is 1. The molecule has 0 heterocycles. The zero-order chi connectivity index (χ0) is 39.5. The molecule has 9 heteroatoms. The van der Waals surface area contributed by atoms with E-state index in [1.807, 2.05) is 0 Å². The van der Waals surface area contributed by atoms with E-state index in [0.29, 0.717) is 13.0 Å². The maximum Gasteiger partial charge on any atom is 0.472 e. The largest absolute Gasteiger partial charge is 0.472 e. The van der Waals surface area contributed by atoms with Gasteiger partial charge in [0.05, 0.1) is 19.8 Å². The van der Waals surface area contributed by atoms with Crippen molar-refractivity contribution in [1.29, 1.82) is 0 Å². The van der Waals surface area contributed by atoms with E-state index in [2.05, 4.69) is 135 Å². The minimum absolute atomic E-state index is 0.0546. The fourth-order valence-electron chi connectivity index (χ4n) is 4.53. The number of allylic oxidation sites excluding steroid dienone is 20. The lowest BCUT2D eigenvalue weighted by Crippen LogP contribution is -2.28. The standard InChI is InChI=1S/C45H72NO7P/c1-3-5-7-9-11-13-15-17-19-21-23-25-27-29-31-33-35-37-40-50-42-44(43-52-54(48,49)51-41-39-46)53-45(47)38-36-34-32-30-28-26-24-22-20-18-16-14-12-10-8-6-4-2/h5-8,11-14,17-20,23-26,29-32,44H,3-4,9-10,15-16,21-22,27-28,33-43,46H2,1-2H3,(H,48,49)/b7-5-,8-6-,13-11-,14-12-,19-17-,20-18-,25-23-,26-24-,31-29-,32-30-. The Labute approximate surface area is 328 Å². The van der Waals surface area contributed by atoms with Crippen LogP contribution in [-0.2, 0) is 27.9 Å². The van der Waals surface area contributed by atoms with E-state index < -0.39 is 19.9 Å². The van der Waals surface area contributed by atoms with E-state index in [-0.39, 0.29) is 32.8 Å². The molecule has 0 aromatic heterocycles. The van der Waals surface area contributed by atoms with Gasteiger partial charge in [-0.15, -0.1) is 0 Å². The number of rotatable bonds is 36. The molecule has 0 aromatic rings. The Balaban J connectivity index is 4.30. The zero-order valence-corrected chi connectivity index (χ0v) is 34.3. The fraction of sp³-hybridized carbons (Fsp3) is 0.533. The number of phosphoric ester groups is 1. The van der Waals surface area contributed by atoms with Crippen molar-refractivity contribution in [1.82, 2.24) is 0 Å². The minimum Gasteiger partial charge on any atom is -0.457 e. The summed E-state index contributed by atoms with van der Waals surface area (Å²) in [5.41, 5.74) is 5.35. The van der Waals surface area contributed by atoms with Gasteiger partial charge in [0, 0.05) is 19.6 Å². The van der Waals surface area contributed by atoms with Crippen molar-refractivity contribution in [3.8, 4) is 0 Å². The summed E-state index contributed by atoms with van der Waals surface area (Å²) in [6.07, 6.45) is 56.6. The first-order valence-corrected chi connectivity index (χ1v) is 21.5. The molecule has 2 unspecified atom stereocenters. The molecule has 0 saturated carbocycles. The van der Waals surface area contributed by atoms with Gasteiger partial charge in [-0.05, 0) is 96.3 Å². The summed E-state index contributed by atoms with van der Waals surface area (Å²) in [6, 6.07) is 0. The molecule has 0 rings (SSSR count). The van der Waals surface area contributed by atoms with Gasteiger partial charge in [0.25, 0.3) is 0 Å². The molecule has 54 heavy (non-hydrogen) atoms. The number of ether oxygens (including phenoxy) is 2. The van der Waals surface area contributed by atoms with Gasteiger partial charge in [-0.1, -0.05) is 135 Å². The molecule has 0 aromatic carbocycles. The van der Waals surface area contributed by atoms with Crippen LogP contribution >= 0.6 is 7.82 Å². The highest BCUT2D eigenvalue weighted by Crippen LogP contribution is 2.43. The molecule has 0 amide bonds. The third-order valence-corrected chi connectivity index (χ3v) is 8.36. The number of hydrogen-bond donors (Lipinski definition) is 2. The Bertz CT molecular complexity index is 1230. The summed E-state index contributed by atoms with van der Waals surface area (Å²) in [4.78, 5) is 22.4. The third-order valence-electron chi connectivity index (χ3n) is 7.37. The number of carbonyl (C=O) groups is 1. The molecule has 3 N–H and O–H groups in total. The molecule has 0 bridgehead atoms. The minimum atomic E-state index is -4.31. The lowest BCUT2D eigenvalue weighted by atomic mass is 10.2. The van der Waals surface area contributed by atoms with Crippen LogP contribution in [0.2, 0.25) is 0 Å². The zero-order valence-electron chi connectivity index (χ0n) is 33.4. The van der Waals surface area contributed by atoms with E-state index in [1.165, 1.54) is 0 Å². The average Bonchev–Trinajstić information content (AvgIpc) is 3.16. The summed E-state index contributed by atoms with van der Waals surface area (Å²) >= 11 is 0. The highest BCUT2D eigenvalue weighted by molar-refractivity contribution is 7.47. The van der Waals surface area contributed by atoms with Crippen molar-refractivity contribution >= 4 is 13.8 Å². The van der Waals surface area contributed by atoms with Crippen molar-refractivity contribution < 1.29 is 32.8 Å². The van der Waals surface area contributed by atoms with Gasteiger partial charge in [0.15, 0.2) is 0 Å². The summed E-state index contributed by atoms with van der Waals surface area (Å²) in [6.45, 7) is 4.45. The predicted molar refractivity (Wildman–Crippen MR) is 228 cm³/mol. The first kappa shape index (κ1) is 50.9. The summed E-state index contributed by atoms with van der Waals surface area (Å²) in [7, 11) is -4.31. The van der Waals surface area contributed by atoms with Crippen LogP contribution in [0.1, 0.15) is 117 Å². The van der Waals surface area contributed by atoms with Gasteiger partial charge < -0.3 is 20.1 Å². The number of hydrogen-bond acceptors (Lipinski definition) is 7. The van der Waals surface area contributed by atoms with Gasteiger partial charge in [0.1, 0.15) is 6.10 Å². The van der Waals surface area contributed by atoms with E-state index in [1.54, 1.807) is 0 Å². The van der Waals surface area contributed by atoms with E-state index in [0.717, 1.165) is 89.9 Å². The maximum absolute atomic E-state index is 12.5. The molecule has 0 radical (unpaired) electrons. The monoisotopic (exact) mass is 770 g/mol. The molecule has 2 atom stereocenters. The van der Waals surface area contributed by atoms with E-state index in [4.69, 9.17) is 24.3 Å². The Morgan fingerprint density at radius 1 is 0.556 bits per heavy atom. The van der Waals surface area contributed by atoms with Gasteiger partial charge in [0.2, 0.25) is 0 Å². The molecule has 0 spiro atoms. The first-order valence-electron chi connectivity index (χ1n) is 20.0. The van der Waals surface area contributed by atoms with E-state index in [9.17, 15) is 14.3 Å². The van der Waals surface area contributed by atoms with Crippen molar-refractivity contribution in [2.75, 3.05) is 33.0 Å². The predicted octanol–water partition coefficient (Wildman–Crippen LogP) is 11.9. The fourth-order valence-corrected chi connectivity index (χ4v) is 5.29. The van der Waals surface area contributed by atoms with Gasteiger partial charge in [-0.25, -0.2) is 4.57 Å². The van der Waals surface area contributed by atoms with Crippen LogP contribution in [-0.4, -0.2) is 49.9 Å². The lowest BCUT2D eigenvalue weighted by molar-refractivity contribution is -0.154. The molecular formula is C45H72NO7P. The Hall–Kier alpha value is -3.10. The maximum atomic E-state index is 12.5. The Morgan fingerprint density at radius 3 is 1.39 bits per heavy atom. The number of unbranched alkanes of at least 4 members (excludes halogenated alkanes) is 3. The van der Waals surface area contributed by atoms with Gasteiger partial charge in [-0.2, -0.15) is 0 Å². The number of nitrogens with two attached hydrogens (primary N) is 1. The molecule has 8 nitrogen and oxygen atoms in total. The van der Waals surface area contributed by atoms with Crippen LogP contribution in [0.15, 0.2) is 122 Å². The number of esters is 1. The van der Waals surface area contributed by atoms with Crippen LogP contribution < -0.4 is 5.73 Å². The summed E-state index contributed by atoms with van der Waals surface area (Å²) in [5.74, 6) is -0.409. The first-order chi connectivity index (χ1) is 26.4. The SMILES string of the molecule is CC/C=C\C/C=C\C/C=C\C/C=C\C/C=C\CCCCOCC(COP(=O)(O)OCCN)OC(=O)CCC/C=C\C/C=C\C/C=C\C/C=C\C/C=C\CC. The molecule has 0 aliphatic carbocycles. The quantitative estimate of drug-likeness (QED) is 0.0280. The van der Waals surface area contributed by atoms with Crippen LogP contribution in [0.4, 0.5) is 0 Å². The summed E-state index contributed by atoms with van der Waals surface area (Å²) < 4.78 is 33.2. The molecule has 0 aliphatic rings. The van der Waals surface area contributed by atoms with Gasteiger partial charge >= 0.3 is 13.8 Å². The highest BCUT2D eigenvalue weighted by atomic mass is 31.2. The second-order valence-corrected chi connectivity index (χ2v) is 13.8. The van der Waals surface area contributed by atoms with Crippen molar-refractivity contribution in [2.45, 2.75) is 123 Å². The third kappa shape index (κ3) is 40.1.